The number of alkyl halides is 1. The highest BCUT2D eigenvalue weighted by Gasteiger charge is 2.21. The molecule has 96 valence electrons. The number of nitrogens with zero attached hydrogens (tertiary/aromatic N) is 1. The molecule has 1 N–H and O–H groups in total. The maximum absolute atomic E-state index is 11.7. The highest BCUT2D eigenvalue weighted by atomic mass is 79.9. The first-order valence-electron chi connectivity index (χ1n) is 5.76. The number of hydrogen-bond acceptors (Lipinski definition) is 3. The number of hydrogen-bond donors (Lipinski definition) is 1. The molecular formula is C12H19BrN2O2. The van der Waals surface area contributed by atoms with E-state index in [9.17, 15) is 4.79 Å². The van der Waals surface area contributed by atoms with Crippen molar-refractivity contribution in [1.29, 1.82) is 0 Å². The van der Waals surface area contributed by atoms with Crippen molar-refractivity contribution in [3.63, 3.8) is 0 Å². The maximum atomic E-state index is 11.7. The van der Waals surface area contributed by atoms with Crippen LogP contribution >= 0.6 is 15.9 Å². The van der Waals surface area contributed by atoms with E-state index in [1.807, 2.05) is 27.7 Å². The number of amides is 1. The fourth-order valence-electron chi connectivity index (χ4n) is 1.25. The van der Waals surface area contributed by atoms with E-state index < -0.39 is 0 Å². The number of anilines is 1. The number of aromatic nitrogens is 1. The van der Waals surface area contributed by atoms with E-state index in [1.54, 1.807) is 6.20 Å². The summed E-state index contributed by atoms with van der Waals surface area (Å²) in [7, 11) is 0. The van der Waals surface area contributed by atoms with E-state index in [-0.39, 0.29) is 22.2 Å². The molecule has 1 heterocycles. The highest BCUT2D eigenvalue weighted by Crippen LogP contribution is 2.24. The van der Waals surface area contributed by atoms with Crippen molar-refractivity contribution in [2.75, 3.05) is 5.32 Å². The van der Waals surface area contributed by atoms with Crippen molar-refractivity contribution >= 4 is 27.9 Å². The summed E-state index contributed by atoms with van der Waals surface area (Å²) in [4.78, 5) is 15.6. The number of carbonyl (C=O) groups excluding carboxylic acids is 1. The van der Waals surface area contributed by atoms with E-state index in [1.165, 1.54) is 0 Å². The Morgan fingerprint density at radius 3 is 2.71 bits per heavy atom. The Morgan fingerprint density at radius 1 is 1.59 bits per heavy atom. The Balaban J connectivity index is 2.64. The first kappa shape index (κ1) is 14.2. The van der Waals surface area contributed by atoms with Gasteiger partial charge in [0.2, 0.25) is 5.91 Å². The molecule has 1 amide bonds. The zero-order chi connectivity index (χ0) is 13.1. The monoisotopic (exact) mass is 302 g/mol. The highest BCUT2D eigenvalue weighted by molar-refractivity contribution is 9.10. The molecule has 1 aromatic rings. The fourth-order valence-corrected chi connectivity index (χ4v) is 1.82. The van der Waals surface area contributed by atoms with Crippen LogP contribution in [-0.2, 0) is 10.2 Å². The van der Waals surface area contributed by atoms with Crippen LogP contribution in [0.5, 0.6) is 0 Å². The molecule has 1 aromatic heterocycles. The zero-order valence-corrected chi connectivity index (χ0v) is 12.3. The molecule has 17 heavy (non-hydrogen) atoms. The van der Waals surface area contributed by atoms with Crippen LogP contribution in [0.2, 0.25) is 0 Å². The molecule has 1 rings (SSSR count). The van der Waals surface area contributed by atoms with Crippen LogP contribution in [0.3, 0.4) is 0 Å². The van der Waals surface area contributed by atoms with Gasteiger partial charge in [-0.15, -0.1) is 0 Å². The molecule has 1 atom stereocenters. The van der Waals surface area contributed by atoms with E-state index in [4.69, 9.17) is 4.42 Å². The minimum atomic E-state index is -0.197. The summed E-state index contributed by atoms with van der Waals surface area (Å²) in [6.07, 6.45) is 3.39. The molecule has 0 radical (unpaired) electrons. The molecule has 0 aromatic carbocycles. The molecule has 0 spiro atoms. The van der Waals surface area contributed by atoms with Crippen LogP contribution in [0.1, 0.15) is 46.3 Å². The van der Waals surface area contributed by atoms with Crippen molar-refractivity contribution in [1.82, 2.24) is 4.98 Å². The van der Waals surface area contributed by atoms with Crippen LogP contribution in [0.25, 0.3) is 0 Å². The second-order valence-electron chi connectivity index (χ2n) is 5.03. The van der Waals surface area contributed by atoms with E-state index in [0.29, 0.717) is 0 Å². The molecule has 0 saturated heterocycles. The van der Waals surface area contributed by atoms with Gasteiger partial charge in [-0.2, -0.15) is 0 Å². The van der Waals surface area contributed by atoms with Crippen molar-refractivity contribution in [2.24, 2.45) is 0 Å². The lowest BCUT2D eigenvalue weighted by Gasteiger charge is -2.13. The van der Waals surface area contributed by atoms with Crippen molar-refractivity contribution in [3.05, 3.63) is 12.0 Å². The molecule has 0 aliphatic rings. The zero-order valence-electron chi connectivity index (χ0n) is 10.7. The lowest BCUT2D eigenvalue weighted by atomic mass is 9.94. The predicted molar refractivity (Wildman–Crippen MR) is 71.5 cm³/mol. The summed E-state index contributed by atoms with van der Waals surface area (Å²) in [5.41, 5.74) is -0.104. The third-order valence-electron chi connectivity index (χ3n) is 2.30. The smallest absolute Gasteiger partial charge is 0.301 e. The standard InChI is InChI=1S/C12H19BrN2O2/c1-5-6-8(13)10(16)15-11-14-7-9(17-11)12(2,3)4/h7-8H,5-6H2,1-4H3,(H,14,15,16)/t8-/m0/s1. The number of oxazole rings is 1. The van der Waals surface area contributed by atoms with E-state index in [0.717, 1.165) is 18.6 Å². The molecule has 0 saturated carbocycles. The van der Waals surface area contributed by atoms with Crippen LogP contribution in [0.15, 0.2) is 10.6 Å². The van der Waals surface area contributed by atoms with E-state index in [2.05, 4.69) is 26.2 Å². The minimum Gasteiger partial charge on any atom is -0.428 e. The topological polar surface area (TPSA) is 55.1 Å². The lowest BCUT2D eigenvalue weighted by molar-refractivity contribution is -0.115. The quantitative estimate of drug-likeness (QED) is 0.866. The second-order valence-corrected chi connectivity index (χ2v) is 6.13. The van der Waals surface area contributed by atoms with Crippen molar-refractivity contribution in [3.8, 4) is 0 Å². The van der Waals surface area contributed by atoms with Crippen LogP contribution < -0.4 is 5.32 Å². The Bertz CT molecular complexity index is 382. The van der Waals surface area contributed by atoms with Gasteiger partial charge in [-0.25, -0.2) is 4.98 Å². The van der Waals surface area contributed by atoms with Gasteiger partial charge in [0, 0.05) is 5.41 Å². The third kappa shape index (κ3) is 4.15. The number of halogens is 1. The Kier molecular flexibility index (Phi) is 4.74. The average molecular weight is 303 g/mol. The number of rotatable bonds is 4. The van der Waals surface area contributed by atoms with Gasteiger partial charge in [-0.05, 0) is 6.42 Å². The second kappa shape index (κ2) is 5.67. The molecule has 4 nitrogen and oxygen atoms in total. The normalized spacial score (nSPS) is 13.5. The molecule has 0 unspecified atom stereocenters. The summed E-state index contributed by atoms with van der Waals surface area (Å²) in [6.45, 7) is 8.13. The van der Waals surface area contributed by atoms with Crippen molar-refractivity contribution in [2.45, 2.75) is 50.8 Å². The minimum absolute atomic E-state index is 0.104. The van der Waals surface area contributed by atoms with Crippen LogP contribution in [0.4, 0.5) is 6.01 Å². The van der Waals surface area contributed by atoms with Crippen molar-refractivity contribution < 1.29 is 9.21 Å². The summed E-state index contributed by atoms with van der Waals surface area (Å²) in [6, 6.07) is 0.264. The number of nitrogens with one attached hydrogen (secondary N) is 1. The predicted octanol–water partition coefficient (Wildman–Crippen LogP) is 3.47. The average Bonchev–Trinajstić information content (AvgIpc) is 2.66. The van der Waals surface area contributed by atoms with Gasteiger partial charge in [0.05, 0.1) is 11.0 Å². The summed E-state index contributed by atoms with van der Waals surface area (Å²) in [5.74, 6) is 0.642. The third-order valence-corrected chi connectivity index (χ3v) is 3.18. The molecule has 5 heteroatoms. The van der Waals surface area contributed by atoms with Gasteiger partial charge >= 0.3 is 6.01 Å². The van der Waals surface area contributed by atoms with E-state index >= 15 is 0 Å². The van der Waals surface area contributed by atoms with Crippen LogP contribution in [-0.4, -0.2) is 15.7 Å². The Morgan fingerprint density at radius 2 is 2.24 bits per heavy atom. The molecule has 0 fully saturated rings. The van der Waals surface area contributed by atoms with Gasteiger partial charge in [0.25, 0.3) is 0 Å². The van der Waals surface area contributed by atoms with Gasteiger partial charge in [0.1, 0.15) is 5.76 Å². The summed E-state index contributed by atoms with van der Waals surface area (Å²) in [5, 5.41) is 2.66. The summed E-state index contributed by atoms with van der Waals surface area (Å²) >= 11 is 3.33. The van der Waals surface area contributed by atoms with Gasteiger partial charge in [-0.3, -0.25) is 10.1 Å². The summed E-state index contributed by atoms with van der Waals surface area (Å²) < 4.78 is 5.48. The molecule has 0 aliphatic heterocycles. The Labute approximate surface area is 110 Å². The molecule has 0 bridgehead atoms. The largest absolute Gasteiger partial charge is 0.428 e. The van der Waals surface area contributed by atoms with Gasteiger partial charge in [0.15, 0.2) is 0 Å². The van der Waals surface area contributed by atoms with Gasteiger partial charge in [-0.1, -0.05) is 50.0 Å². The van der Waals surface area contributed by atoms with Crippen LogP contribution in [0, 0.1) is 0 Å². The SMILES string of the molecule is CCC[C@H](Br)C(=O)Nc1ncc(C(C)(C)C)o1. The number of carbonyl (C=O) groups is 1. The first-order valence-corrected chi connectivity index (χ1v) is 6.67. The van der Waals surface area contributed by atoms with Gasteiger partial charge < -0.3 is 4.42 Å². The molecular weight excluding hydrogens is 284 g/mol. The molecule has 0 aliphatic carbocycles. The maximum Gasteiger partial charge on any atom is 0.301 e. The Hall–Kier alpha value is -0.840. The first-order chi connectivity index (χ1) is 7.84. The fraction of sp³-hybridized carbons (Fsp3) is 0.667. The lowest BCUT2D eigenvalue weighted by Crippen LogP contribution is -2.22.